The lowest BCUT2D eigenvalue weighted by Gasteiger charge is -2.32. The molecule has 0 radical (unpaired) electrons. The highest BCUT2D eigenvalue weighted by atomic mass is 16.5. The zero-order valence-electron chi connectivity index (χ0n) is 11.1. The number of carboxylic acids is 1. The van der Waals surface area contributed by atoms with Crippen LogP contribution in [0.2, 0.25) is 0 Å². The third-order valence-electron chi connectivity index (χ3n) is 3.28. The molecule has 2 heterocycles. The molecule has 0 spiro atoms. The van der Waals surface area contributed by atoms with E-state index >= 15 is 0 Å². The minimum absolute atomic E-state index is 0.0736. The molecule has 0 aliphatic carbocycles. The maximum atomic E-state index is 12.6. The third kappa shape index (κ3) is 2.22. The molecule has 108 valence electrons. The van der Waals surface area contributed by atoms with E-state index in [9.17, 15) is 9.59 Å². The summed E-state index contributed by atoms with van der Waals surface area (Å²) in [6.07, 6.45) is 0.218. The molecular weight excluding hydrogens is 276 g/mol. The second-order valence-corrected chi connectivity index (χ2v) is 4.62. The number of benzene rings is 1. The van der Waals surface area contributed by atoms with Crippen LogP contribution in [0.5, 0.6) is 5.75 Å². The predicted molar refractivity (Wildman–Crippen MR) is 71.4 cm³/mol. The van der Waals surface area contributed by atoms with Crippen molar-refractivity contribution in [2.45, 2.75) is 13.0 Å². The molecule has 0 bridgehead atoms. The lowest BCUT2D eigenvalue weighted by Crippen LogP contribution is -2.47. The van der Waals surface area contributed by atoms with Crippen molar-refractivity contribution in [1.29, 1.82) is 0 Å². The molecule has 1 amide bonds. The molecule has 0 fully saturated rings. The Morgan fingerprint density at radius 3 is 2.81 bits per heavy atom. The number of amides is 1. The first-order chi connectivity index (χ1) is 10.1. The van der Waals surface area contributed by atoms with Crippen LogP contribution in [0.15, 0.2) is 35.0 Å². The van der Waals surface area contributed by atoms with Gasteiger partial charge in [0.1, 0.15) is 17.1 Å². The minimum atomic E-state index is -1.12. The number of aliphatic carboxylic acids is 1. The molecule has 1 unspecified atom stereocenters. The fourth-order valence-electron chi connectivity index (χ4n) is 2.20. The summed E-state index contributed by atoms with van der Waals surface area (Å²) in [7, 11) is 0. The standard InChI is InChI=1S/C14H12N2O5/c1-8-9(6-15-21-8)13(17)16-7-12(14(18)19)20-11-5-3-2-4-10(11)16/h2-6,12H,7H2,1H3,(H,18,19). The van der Waals surface area contributed by atoms with E-state index in [-0.39, 0.29) is 12.5 Å². The van der Waals surface area contributed by atoms with Crippen LogP contribution in [-0.4, -0.2) is 34.8 Å². The van der Waals surface area contributed by atoms with Crippen LogP contribution in [0, 0.1) is 6.92 Å². The fraction of sp³-hybridized carbons (Fsp3) is 0.214. The van der Waals surface area contributed by atoms with Crippen molar-refractivity contribution in [2.24, 2.45) is 0 Å². The lowest BCUT2D eigenvalue weighted by molar-refractivity contribution is -0.144. The van der Waals surface area contributed by atoms with Gasteiger partial charge in [0.05, 0.1) is 18.4 Å². The van der Waals surface area contributed by atoms with Gasteiger partial charge in [0.25, 0.3) is 5.91 Å². The molecule has 7 nitrogen and oxygen atoms in total. The average Bonchev–Trinajstić information content (AvgIpc) is 2.91. The molecule has 0 saturated heterocycles. The van der Waals surface area contributed by atoms with Crippen LogP contribution < -0.4 is 9.64 Å². The first-order valence-electron chi connectivity index (χ1n) is 6.29. The number of carboxylic acid groups (broad SMARTS) is 1. The zero-order valence-corrected chi connectivity index (χ0v) is 11.1. The Kier molecular flexibility index (Phi) is 3.09. The number of nitrogens with zero attached hydrogens (tertiary/aromatic N) is 2. The Hall–Kier alpha value is -2.83. The number of aromatic nitrogens is 1. The summed E-state index contributed by atoms with van der Waals surface area (Å²) >= 11 is 0. The number of aryl methyl sites for hydroxylation is 1. The van der Waals surface area contributed by atoms with Crippen molar-refractivity contribution in [3.05, 3.63) is 41.8 Å². The van der Waals surface area contributed by atoms with Crippen molar-refractivity contribution in [2.75, 3.05) is 11.4 Å². The number of anilines is 1. The van der Waals surface area contributed by atoms with E-state index in [0.717, 1.165) is 0 Å². The average molecular weight is 288 g/mol. The molecule has 3 rings (SSSR count). The second-order valence-electron chi connectivity index (χ2n) is 4.62. The summed E-state index contributed by atoms with van der Waals surface area (Å²) in [6.45, 7) is 1.55. The van der Waals surface area contributed by atoms with Crippen LogP contribution in [-0.2, 0) is 4.79 Å². The smallest absolute Gasteiger partial charge is 0.346 e. The van der Waals surface area contributed by atoms with Crippen molar-refractivity contribution < 1.29 is 24.0 Å². The number of fused-ring (bicyclic) bond motifs is 1. The maximum Gasteiger partial charge on any atom is 0.346 e. The van der Waals surface area contributed by atoms with E-state index in [1.165, 1.54) is 11.1 Å². The number of hydrogen-bond donors (Lipinski definition) is 1. The van der Waals surface area contributed by atoms with E-state index in [1.807, 2.05) is 0 Å². The molecular formula is C14H12N2O5. The number of carbonyl (C=O) groups is 2. The van der Waals surface area contributed by atoms with E-state index in [4.69, 9.17) is 14.4 Å². The summed E-state index contributed by atoms with van der Waals surface area (Å²) in [5.74, 6) is -0.741. The molecule has 21 heavy (non-hydrogen) atoms. The first kappa shape index (κ1) is 13.2. The van der Waals surface area contributed by atoms with Crippen LogP contribution in [0.1, 0.15) is 16.1 Å². The highest BCUT2D eigenvalue weighted by molar-refractivity contribution is 6.08. The number of carbonyl (C=O) groups excluding carboxylic acids is 1. The van der Waals surface area contributed by atoms with E-state index in [0.29, 0.717) is 22.8 Å². The Labute approximate surface area is 119 Å². The predicted octanol–water partition coefficient (Wildman–Crippen LogP) is 1.48. The van der Waals surface area contributed by atoms with Gasteiger partial charge < -0.3 is 19.3 Å². The fourth-order valence-corrected chi connectivity index (χ4v) is 2.20. The number of rotatable bonds is 2. The minimum Gasteiger partial charge on any atom is -0.478 e. The first-order valence-corrected chi connectivity index (χ1v) is 6.29. The van der Waals surface area contributed by atoms with Crippen LogP contribution in [0.3, 0.4) is 0 Å². The van der Waals surface area contributed by atoms with Gasteiger partial charge in [-0.2, -0.15) is 0 Å². The summed E-state index contributed by atoms with van der Waals surface area (Å²) in [5, 5.41) is 12.7. The third-order valence-corrected chi connectivity index (χ3v) is 3.28. The second kappa shape index (κ2) is 4.93. The van der Waals surface area contributed by atoms with Gasteiger partial charge in [0.2, 0.25) is 6.10 Å². The summed E-state index contributed by atoms with van der Waals surface area (Å²) < 4.78 is 10.3. The van der Waals surface area contributed by atoms with Gasteiger partial charge in [0, 0.05) is 0 Å². The Morgan fingerprint density at radius 2 is 2.14 bits per heavy atom. The summed E-state index contributed by atoms with van der Waals surface area (Å²) in [5.41, 5.74) is 0.830. The van der Waals surface area contributed by atoms with Crippen LogP contribution >= 0.6 is 0 Å². The van der Waals surface area contributed by atoms with Gasteiger partial charge in [-0.3, -0.25) is 4.79 Å². The quantitative estimate of drug-likeness (QED) is 0.899. The largest absolute Gasteiger partial charge is 0.478 e. The van der Waals surface area contributed by atoms with E-state index < -0.39 is 12.1 Å². The summed E-state index contributed by atoms with van der Waals surface area (Å²) in [4.78, 5) is 25.2. The van der Waals surface area contributed by atoms with Crippen molar-refractivity contribution in [3.8, 4) is 5.75 Å². The molecule has 1 aliphatic heterocycles. The molecule has 1 aromatic carbocycles. The van der Waals surface area contributed by atoms with Crippen molar-refractivity contribution in [3.63, 3.8) is 0 Å². The van der Waals surface area contributed by atoms with Gasteiger partial charge in [-0.05, 0) is 19.1 Å². The van der Waals surface area contributed by atoms with Crippen LogP contribution in [0.4, 0.5) is 5.69 Å². The lowest BCUT2D eigenvalue weighted by atomic mass is 10.1. The number of para-hydroxylation sites is 2. The van der Waals surface area contributed by atoms with Crippen molar-refractivity contribution >= 4 is 17.6 Å². The van der Waals surface area contributed by atoms with E-state index in [2.05, 4.69) is 5.16 Å². The van der Waals surface area contributed by atoms with Crippen molar-refractivity contribution in [1.82, 2.24) is 5.16 Å². The Bertz CT molecular complexity index is 709. The van der Waals surface area contributed by atoms with Gasteiger partial charge in [-0.25, -0.2) is 4.79 Å². The van der Waals surface area contributed by atoms with Gasteiger partial charge in [-0.15, -0.1) is 0 Å². The molecule has 1 aromatic heterocycles. The molecule has 1 aliphatic rings. The SMILES string of the molecule is Cc1oncc1C(=O)N1CC(C(=O)O)Oc2ccccc21. The zero-order chi connectivity index (χ0) is 15.0. The summed E-state index contributed by atoms with van der Waals surface area (Å²) in [6, 6.07) is 6.81. The van der Waals surface area contributed by atoms with E-state index in [1.54, 1.807) is 31.2 Å². The molecule has 7 heteroatoms. The van der Waals surface area contributed by atoms with Gasteiger partial charge in [-0.1, -0.05) is 17.3 Å². The highest BCUT2D eigenvalue weighted by Crippen LogP contribution is 2.34. The van der Waals surface area contributed by atoms with Gasteiger partial charge in [0.15, 0.2) is 0 Å². The number of hydrogen-bond acceptors (Lipinski definition) is 5. The van der Waals surface area contributed by atoms with Crippen LogP contribution in [0.25, 0.3) is 0 Å². The maximum absolute atomic E-state index is 12.6. The van der Waals surface area contributed by atoms with Gasteiger partial charge >= 0.3 is 5.97 Å². The molecule has 0 saturated carbocycles. The molecule has 1 atom stereocenters. The Balaban J connectivity index is 2.02. The normalized spacial score (nSPS) is 17.0. The monoisotopic (exact) mass is 288 g/mol. The Morgan fingerprint density at radius 1 is 1.38 bits per heavy atom. The topological polar surface area (TPSA) is 92.9 Å². The highest BCUT2D eigenvalue weighted by Gasteiger charge is 2.35. The molecule has 1 N–H and O–H groups in total. The molecule has 2 aromatic rings. The number of ether oxygens (including phenoxy) is 1.